The minimum atomic E-state index is -1.13. The van der Waals surface area contributed by atoms with Gasteiger partial charge >= 0.3 is 12.0 Å². The van der Waals surface area contributed by atoms with E-state index in [1.807, 2.05) is 19.0 Å². The summed E-state index contributed by atoms with van der Waals surface area (Å²) in [5.41, 5.74) is 0.367. The molecule has 1 rings (SSSR count). The van der Waals surface area contributed by atoms with Crippen LogP contribution in [0.5, 0.6) is 0 Å². The van der Waals surface area contributed by atoms with Crippen LogP contribution in [0, 0.1) is 0 Å². The van der Waals surface area contributed by atoms with Crippen molar-refractivity contribution in [1.82, 2.24) is 9.80 Å². The summed E-state index contributed by atoms with van der Waals surface area (Å²) in [5, 5.41) is 11.8. The molecule has 0 bridgehead atoms. The number of benzene rings is 1. The predicted molar refractivity (Wildman–Crippen MR) is 83.2 cm³/mol. The van der Waals surface area contributed by atoms with Gasteiger partial charge in [-0.3, -0.25) is 0 Å². The van der Waals surface area contributed by atoms with E-state index < -0.39 is 5.97 Å². The van der Waals surface area contributed by atoms with Gasteiger partial charge in [0.2, 0.25) is 0 Å². The van der Waals surface area contributed by atoms with Crippen LogP contribution < -0.4 is 5.32 Å². The quantitative estimate of drug-likeness (QED) is 0.846. The number of carboxylic acids is 1. The lowest BCUT2D eigenvalue weighted by Gasteiger charge is -2.19. The lowest BCUT2D eigenvalue weighted by Crippen LogP contribution is -2.33. The molecule has 0 radical (unpaired) electrons. The number of carboxylic acid groups (broad SMARTS) is 1. The van der Waals surface area contributed by atoms with Crippen LogP contribution >= 0.6 is 11.6 Å². The molecular weight excluding hydrogens is 294 g/mol. The van der Waals surface area contributed by atoms with Gasteiger partial charge in [-0.1, -0.05) is 11.6 Å². The molecule has 116 valence electrons. The number of amides is 2. The zero-order valence-corrected chi connectivity index (χ0v) is 13.1. The van der Waals surface area contributed by atoms with Gasteiger partial charge in [0.1, 0.15) is 0 Å². The fraction of sp³-hybridized carbons (Fsp3) is 0.429. The monoisotopic (exact) mass is 313 g/mol. The Hall–Kier alpha value is -1.79. The molecule has 0 aromatic heterocycles. The smallest absolute Gasteiger partial charge is 0.337 e. The van der Waals surface area contributed by atoms with Gasteiger partial charge in [0.15, 0.2) is 0 Å². The van der Waals surface area contributed by atoms with Crippen molar-refractivity contribution in [2.75, 3.05) is 39.5 Å². The molecule has 0 unspecified atom stereocenters. The second-order valence-electron chi connectivity index (χ2n) is 5.01. The Morgan fingerprint density at radius 3 is 2.48 bits per heavy atom. The van der Waals surface area contributed by atoms with Gasteiger partial charge < -0.3 is 20.2 Å². The number of anilines is 1. The van der Waals surface area contributed by atoms with Crippen LogP contribution in [0.1, 0.15) is 16.8 Å². The molecule has 0 aliphatic heterocycles. The molecule has 2 amide bonds. The van der Waals surface area contributed by atoms with Crippen molar-refractivity contribution < 1.29 is 14.7 Å². The molecule has 0 aliphatic carbocycles. The van der Waals surface area contributed by atoms with Crippen LogP contribution in [0.3, 0.4) is 0 Å². The Morgan fingerprint density at radius 1 is 1.24 bits per heavy atom. The summed E-state index contributed by atoms with van der Waals surface area (Å²) in [4.78, 5) is 26.6. The highest BCUT2D eigenvalue weighted by Gasteiger charge is 2.12. The number of hydrogen-bond acceptors (Lipinski definition) is 3. The molecule has 1 aromatic rings. The Labute approximate surface area is 129 Å². The van der Waals surface area contributed by atoms with E-state index in [-0.39, 0.29) is 16.6 Å². The normalized spacial score (nSPS) is 10.5. The zero-order chi connectivity index (χ0) is 16.0. The van der Waals surface area contributed by atoms with Crippen LogP contribution in [0.4, 0.5) is 10.5 Å². The lowest BCUT2D eigenvalue weighted by atomic mass is 10.2. The first-order chi connectivity index (χ1) is 9.81. The van der Waals surface area contributed by atoms with Gasteiger partial charge in [0, 0.05) is 19.3 Å². The molecule has 0 fully saturated rings. The third-order valence-corrected chi connectivity index (χ3v) is 3.22. The molecule has 6 nitrogen and oxygen atoms in total. The van der Waals surface area contributed by atoms with Gasteiger partial charge in [0.25, 0.3) is 0 Å². The fourth-order valence-electron chi connectivity index (χ4n) is 1.71. The van der Waals surface area contributed by atoms with E-state index in [0.717, 1.165) is 13.0 Å². The van der Waals surface area contributed by atoms with E-state index in [1.54, 1.807) is 18.0 Å². The maximum absolute atomic E-state index is 12.0. The zero-order valence-electron chi connectivity index (χ0n) is 12.4. The highest BCUT2D eigenvalue weighted by atomic mass is 35.5. The largest absolute Gasteiger partial charge is 0.478 e. The number of nitrogens with zero attached hydrogens (tertiary/aromatic N) is 2. The van der Waals surface area contributed by atoms with Crippen LogP contribution in [0.15, 0.2) is 18.2 Å². The molecule has 0 heterocycles. The SMILES string of the molecule is CN(C)CCCN(C)C(=O)Nc1ccc(Cl)c(C(=O)O)c1. The van der Waals surface area contributed by atoms with E-state index >= 15 is 0 Å². The average molecular weight is 314 g/mol. The van der Waals surface area contributed by atoms with Crippen molar-refractivity contribution >= 4 is 29.3 Å². The number of aromatic carboxylic acids is 1. The van der Waals surface area contributed by atoms with E-state index in [2.05, 4.69) is 5.32 Å². The highest BCUT2D eigenvalue weighted by molar-refractivity contribution is 6.33. The van der Waals surface area contributed by atoms with E-state index in [1.165, 1.54) is 12.1 Å². The number of carbonyl (C=O) groups excluding carboxylic acids is 1. The fourth-order valence-corrected chi connectivity index (χ4v) is 1.91. The Morgan fingerprint density at radius 2 is 1.90 bits per heavy atom. The molecule has 0 saturated heterocycles. The van der Waals surface area contributed by atoms with E-state index in [0.29, 0.717) is 12.2 Å². The van der Waals surface area contributed by atoms with Crippen molar-refractivity contribution in [1.29, 1.82) is 0 Å². The minimum absolute atomic E-state index is 0.0373. The first-order valence-electron chi connectivity index (χ1n) is 6.51. The molecule has 0 atom stereocenters. The maximum Gasteiger partial charge on any atom is 0.337 e. The van der Waals surface area contributed by atoms with Crippen LogP contribution in [0.25, 0.3) is 0 Å². The molecular formula is C14H20ClN3O3. The number of carbonyl (C=O) groups is 2. The third-order valence-electron chi connectivity index (χ3n) is 2.89. The number of rotatable bonds is 6. The summed E-state index contributed by atoms with van der Waals surface area (Å²) >= 11 is 5.78. The van der Waals surface area contributed by atoms with E-state index in [4.69, 9.17) is 16.7 Å². The number of halogens is 1. The minimum Gasteiger partial charge on any atom is -0.478 e. The Kier molecular flexibility index (Phi) is 6.45. The number of hydrogen-bond donors (Lipinski definition) is 2. The van der Waals surface area contributed by atoms with Crippen molar-refractivity contribution in [3.63, 3.8) is 0 Å². The molecule has 2 N–H and O–H groups in total. The molecule has 21 heavy (non-hydrogen) atoms. The summed E-state index contributed by atoms with van der Waals surface area (Å²) in [6.07, 6.45) is 0.859. The van der Waals surface area contributed by atoms with Crippen LogP contribution in [0.2, 0.25) is 5.02 Å². The van der Waals surface area contributed by atoms with Crippen molar-refractivity contribution in [2.24, 2.45) is 0 Å². The summed E-state index contributed by atoms with van der Waals surface area (Å²) < 4.78 is 0. The Bertz CT molecular complexity index is 520. The molecule has 1 aromatic carbocycles. The number of nitrogens with one attached hydrogen (secondary N) is 1. The first-order valence-corrected chi connectivity index (χ1v) is 6.88. The topological polar surface area (TPSA) is 72.9 Å². The predicted octanol–water partition coefficient (Wildman–Crippen LogP) is 2.45. The lowest BCUT2D eigenvalue weighted by molar-refractivity contribution is 0.0697. The summed E-state index contributed by atoms with van der Waals surface area (Å²) in [7, 11) is 5.64. The van der Waals surface area contributed by atoms with Gasteiger partial charge in [-0.2, -0.15) is 0 Å². The molecule has 0 spiro atoms. The third kappa shape index (κ3) is 5.61. The van der Waals surface area contributed by atoms with Crippen molar-refractivity contribution in [2.45, 2.75) is 6.42 Å². The summed E-state index contributed by atoms with van der Waals surface area (Å²) in [6, 6.07) is 4.08. The highest BCUT2D eigenvalue weighted by Crippen LogP contribution is 2.20. The van der Waals surface area contributed by atoms with Crippen molar-refractivity contribution in [3.8, 4) is 0 Å². The van der Waals surface area contributed by atoms with Gasteiger partial charge in [-0.05, 0) is 45.3 Å². The maximum atomic E-state index is 12.0. The standard InChI is InChI=1S/C14H20ClN3O3/c1-17(2)7-4-8-18(3)14(21)16-10-5-6-12(15)11(9-10)13(19)20/h5-6,9H,4,7-8H2,1-3H3,(H,16,21)(H,19,20). The molecule has 0 saturated carbocycles. The molecule has 0 aliphatic rings. The van der Waals surface area contributed by atoms with E-state index in [9.17, 15) is 9.59 Å². The summed E-state index contributed by atoms with van der Waals surface area (Å²) in [5.74, 6) is -1.13. The van der Waals surface area contributed by atoms with Gasteiger partial charge in [-0.15, -0.1) is 0 Å². The Balaban J connectivity index is 2.62. The second kappa shape index (κ2) is 7.85. The summed E-state index contributed by atoms with van der Waals surface area (Å²) in [6.45, 7) is 1.51. The van der Waals surface area contributed by atoms with Crippen molar-refractivity contribution in [3.05, 3.63) is 28.8 Å². The average Bonchev–Trinajstić information content (AvgIpc) is 2.40. The number of urea groups is 1. The molecule has 7 heteroatoms. The van der Waals surface area contributed by atoms with Gasteiger partial charge in [-0.25, -0.2) is 9.59 Å². The first kappa shape index (κ1) is 17.3. The van der Waals surface area contributed by atoms with Crippen LogP contribution in [-0.2, 0) is 0 Å². The van der Waals surface area contributed by atoms with Crippen LogP contribution in [-0.4, -0.2) is 61.1 Å². The second-order valence-corrected chi connectivity index (χ2v) is 5.42. The van der Waals surface area contributed by atoms with Gasteiger partial charge in [0.05, 0.1) is 10.6 Å².